The minimum Gasteiger partial charge on any atom is -0.508 e. The number of carboxylic acid groups (broad SMARTS) is 1. The molecule has 3 saturated heterocycles. The summed E-state index contributed by atoms with van der Waals surface area (Å²) in [6, 6.07) is -6.29. The highest BCUT2D eigenvalue weighted by Gasteiger charge is 2.43. The number of primary amides is 1. The van der Waals surface area contributed by atoms with Crippen molar-refractivity contribution >= 4 is 104 Å². The number of unbranched alkanes of at least 4 members (excludes halogenated alkanes) is 1. The molecule has 0 aromatic heterocycles. The molecule has 2 bridgehead atoms. The highest BCUT2D eigenvalue weighted by atomic mass is 33.1. The van der Waals surface area contributed by atoms with Gasteiger partial charge < -0.3 is 95.3 Å². The van der Waals surface area contributed by atoms with Gasteiger partial charge in [-0.15, -0.1) is 0 Å². The first-order valence-corrected chi connectivity index (χ1v) is 33.7. The zero-order valence-electron chi connectivity index (χ0n) is 53.4. The van der Waals surface area contributed by atoms with Gasteiger partial charge in [0, 0.05) is 37.3 Å². The van der Waals surface area contributed by atoms with E-state index in [0.29, 0.717) is 17.5 Å². The van der Waals surface area contributed by atoms with Crippen LogP contribution in [0.15, 0.2) is 54.6 Å². The number of nitrogens with two attached hydrogens (primary N) is 2. The number of fused-ring (bicyclic) bond motifs is 6. The minimum absolute atomic E-state index is 0.0242. The molecule has 19 N–H and O–H groups in total. The number of aliphatic carboxylic acids is 1. The molecule has 522 valence electrons. The Labute approximate surface area is 556 Å². The Balaban J connectivity index is 1.72. The van der Waals surface area contributed by atoms with Crippen LogP contribution in [0.1, 0.15) is 104 Å². The normalized spacial score (nSPS) is 27.2. The molecule has 3 fully saturated rings. The summed E-state index contributed by atoms with van der Waals surface area (Å²) in [6.45, 7) is 6.97. The van der Waals surface area contributed by atoms with Gasteiger partial charge in [-0.3, -0.25) is 67.1 Å². The van der Waals surface area contributed by atoms with Gasteiger partial charge in [-0.05, 0) is 101 Å². The number of aliphatic hydroxyl groups is 2. The molecule has 5 rings (SSSR count). The van der Waals surface area contributed by atoms with Crippen molar-refractivity contribution in [3.8, 4) is 5.75 Å². The predicted molar refractivity (Wildman–Crippen MR) is 345 cm³/mol. The molecule has 2 aromatic carbocycles. The summed E-state index contributed by atoms with van der Waals surface area (Å²) in [5.74, 6) is -16.8. The van der Waals surface area contributed by atoms with Crippen molar-refractivity contribution in [2.75, 3.05) is 24.6 Å². The van der Waals surface area contributed by atoms with E-state index in [4.69, 9.17) is 11.5 Å². The number of nitrogens with zero attached hydrogens (tertiary/aromatic N) is 1. The Hall–Kier alpha value is -8.60. The molecule has 3 heterocycles. The number of carboxylic acids is 1. The monoisotopic (exact) mass is 1370 g/mol. The number of benzene rings is 2. The molecule has 0 spiro atoms. The van der Waals surface area contributed by atoms with E-state index in [1.165, 1.54) is 43.0 Å². The molecule has 3 aliphatic heterocycles. The maximum Gasteiger partial charge on any atom is 0.305 e. The molecule has 0 aliphatic carbocycles. The van der Waals surface area contributed by atoms with E-state index in [-0.39, 0.29) is 69.7 Å². The van der Waals surface area contributed by atoms with E-state index in [1.807, 2.05) is 0 Å². The number of carbonyl (C=O) groups is 14. The number of aromatic hydroxyl groups is 1. The first kappa shape index (κ1) is 77.1. The molecular formula is C61H88N14O18S2. The van der Waals surface area contributed by atoms with Crippen LogP contribution < -0.4 is 70.0 Å². The minimum atomic E-state index is -2.00. The van der Waals surface area contributed by atoms with Gasteiger partial charge >= 0.3 is 5.97 Å². The Morgan fingerprint density at radius 2 is 1.02 bits per heavy atom. The Kier molecular flexibility index (Phi) is 30.4. The predicted octanol–water partition coefficient (Wildman–Crippen LogP) is -4.39. The van der Waals surface area contributed by atoms with E-state index in [0.717, 1.165) is 28.5 Å². The SMILES string of the molecule is CC(C)C[C@@H]1NC(=O)[C@H](CC(=O)O)NC(=O)[C@@H]2CSSC[C@@H](NC(=O)[C@H](CCC(N)=O)NC(=O)[C@@H](CCCCN)NC(=O)[C@H]([C@@H](C)O)NC(=O)[C@H](C)NC1=O)C(=O)N[C@@H](Cc1ccc(O)cc1)C(=O)N1CCC[C@H]1C(=O)N[C@H]([C@@H](C)O)C(=O)N[C@@H](Cc1ccccc1)C(=O)N2. The second kappa shape index (κ2) is 37.5. The van der Waals surface area contributed by atoms with Crippen LogP contribution in [0.4, 0.5) is 0 Å². The Morgan fingerprint density at radius 1 is 0.547 bits per heavy atom. The van der Waals surface area contributed by atoms with Crippen LogP contribution in [0, 0.1) is 5.92 Å². The van der Waals surface area contributed by atoms with E-state index < -0.39 is 198 Å². The van der Waals surface area contributed by atoms with Gasteiger partial charge in [-0.25, -0.2) is 0 Å². The van der Waals surface area contributed by atoms with Crippen LogP contribution in [-0.2, 0) is 80.0 Å². The Morgan fingerprint density at radius 3 is 1.58 bits per heavy atom. The summed E-state index contributed by atoms with van der Waals surface area (Å²) in [4.78, 5) is 200. The highest BCUT2D eigenvalue weighted by molar-refractivity contribution is 8.76. The second-order valence-corrected chi connectivity index (χ2v) is 26.6. The zero-order valence-corrected chi connectivity index (χ0v) is 55.0. The first-order chi connectivity index (χ1) is 45.0. The van der Waals surface area contributed by atoms with Crippen molar-refractivity contribution in [3.05, 3.63) is 65.7 Å². The van der Waals surface area contributed by atoms with Gasteiger partial charge in [0.15, 0.2) is 0 Å². The fourth-order valence-electron chi connectivity index (χ4n) is 10.5. The quantitative estimate of drug-likeness (QED) is 0.0525. The Bertz CT molecular complexity index is 3070. The van der Waals surface area contributed by atoms with Crippen molar-refractivity contribution in [1.29, 1.82) is 0 Å². The molecular weight excluding hydrogens is 1280 g/mol. The average molecular weight is 1370 g/mol. The van der Waals surface area contributed by atoms with Gasteiger partial charge in [-0.2, -0.15) is 0 Å². The summed E-state index contributed by atoms with van der Waals surface area (Å²) < 4.78 is 0. The first-order valence-electron chi connectivity index (χ1n) is 31.2. The maximum absolute atomic E-state index is 15.1. The fraction of sp³-hybridized carbons (Fsp3) is 0.574. The van der Waals surface area contributed by atoms with Crippen molar-refractivity contribution in [2.24, 2.45) is 17.4 Å². The average Bonchev–Trinajstić information content (AvgIpc) is 1.84. The number of phenolic OH excluding ortho intramolecular Hbond substituents is 1. The molecule has 13 amide bonds. The molecule has 0 saturated carbocycles. The van der Waals surface area contributed by atoms with Crippen molar-refractivity contribution < 1.29 is 87.5 Å². The number of hydrogen-bond donors (Lipinski definition) is 17. The van der Waals surface area contributed by atoms with Gasteiger partial charge in [-0.1, -0.05) is 77.9 Å². The molecule has 0 unspecified atom stereocenters. The van der Waals surface area contributed by atoms with Gasteiger partial charge in [0.25, 0.3) is 0 Å². The lowest BCUT2D eigenvalue weighted by Gasteiger charge is -2.32. The van der Waals surface area contributed by atoms with Gasteiger partial charge in [0.2, 0.25) is 76.8 Å². The summed E-state index contributed by atoms with van der Waals surface area (Å²) in [5, 5.41) is 69.7. The third-order valence-corrected chi connectivity index (χ3v) is 18.1. The number of rotatable bonds is 17. The van der Waals surface area contributed by atoms with Crippen molar-refractivity contribution in [1.82, 2.24) is 63.4 Å². The molecule has 0 radical (unpaired) electrons. The number of amides is 13. The molecule has 95 heavy (non-hydrogen) atoms. The van der Waals surface area contributed by atoms with Crippen LogP contribution in [0.5, 0.6) is 5.75 Å². The van der Waals surface area contributed by atoms with Crippen LogP contribution in [0.25, 0.3) is 0 Å². The summed E-state index contributed by atoms with van der Waals surface area (Å²) >= 11 is 0. The summed E-state index contributed by atoms with van der Waals surface area (Å²) in [7, 11) is 1.58. The topological polar surface area (TPSA) is 508 Å². The van der Waals surface area contributed by atoms with E-state index >= 15 is 9.59 Å². The number of nitrogens with one attached hydrogen (secondary N) is 11. The van der Waals surface area contributed by atoms with Crippen LogP contribution >= 0.6 is 21.6 Å². The van der Waals surface area contributed by atoms with E-state index in [9.17, 15) is 78.0 Å². The number of phenols is 1. The number of aliphatic hydroxyl groups excluding tert-OH is 2. The fourth-order valence-corrected chi connectivity index (χ4v) is 12.8. The maximum atomic E-state index is 15.1. The van der Waals surface area contributed by atoms with E-state index in [2.05, 4.69) is 58.5 Å². The second-order valence-electron chi connectivity index (χ2n) is 24.0. The van der Waals surface area contributed by atoms with Crippen LogP contribution in [0.3, 0.4) is 0 Å². The molecule has 3 aliphatic rings. The summed E-state index contributed by atoms with van der Waals surface area (Å²) in [6.07, 6.45) is -5.59. The van der Waals surface area contributed by atoms with Crippen molar-refractivity contribution in [3.63, 3.8) is 0 Å². The molecule has 2 aromatic rings. The van der Waals surface area contributed by atoms with Crippen LogP contribution in [-0.4, -0.2) is 217 Å². The van der Waals surface area contributed by atoms with Gasteiger partial charge in [0.1, 0.15) is 78.3 Å². The highest BCUT2D eigenvalue weighted by Crippen LogP contribution is 2.26. The lowest BCUT2D eigenvalue weighted by Crippen LogP contribution is -2.63. The third-order valence-electron chi connectivity index (χ3n) is 15.7. The van der Waals surface area contributed by atoms with Crippen molar-refractivity contribution in [2.45, 2.75) is 190 Å². The van der Waals surface area contributed by atoms with E-state index in [1.54, 1.807) is 44.2 Å². The summed E-state index contributed by atoms with van der Waals surface area (Å²) in [5.41, 5.74) is 12.2. The lowest BCUT2D eigenvalue weighted by atomic mass is 10.0. The standard InChI is InChI=1S/C61H88N14O18S2/c1-30(2)24-39-53(85)64-31(3)50(82)73-48(32(4)76)59(91)66-37(14-9-10-22-62)51(83)65-38(20-21-46(63)79)52(84)71-44-29-95-94-28-43(56(88)68-41(27-47(80)81)55(87)67-39)72-54(86)40(25-34-12-7-6-8-13-34)69-60(92)49(33(5)77)74-58(90)45-15-11-23-75(45)61(93)42(70-57(44)89)26-35-16-18-36(78)19-17-35/h6-8,12-13,16-19,30-33,37-45,48-49,76-78H,9-11,14-15,20-29,62H2,1-5H3,(H2,63,79)(H,64,85)(H,65,83)(H,66,91)(H,67,87)(H,68,88)(H,69,92)(H,70,89)(H,71,84)(H,72,86)(H,73,82)(H,74,90)(H,80,81)/t31-,32+,33+,37+,38-,39-,40-,41-,42-,43-,44+,45-,48-,49+/m0/s1. The van der Waals surface area contributed by atoms with Crippen LogP contribution in [0.2, 0.25) is 0 Å². The largest absolute Gasteiger partial charge is 0.508 e. The molecule has 14 atom stereocenters. The number of hydrogen-bond acceptors (Lipinski definition) is 20. The van der Waals surface area contributed by atoms with Gasteiger partial charge in [0.05, 0.1) is 18.6 Å². The number of carbonyl (C=O) groups excluding carboxylic acids is 13. The lowest BCUT2D eigenvalue weighted by molar-refractivity contribution is -0.143. The third kappa shape index (κ3) is 24.3. The zero-order chi connectivity index (χ0) is 70.2. The molecule has 32 nitrogen and oxygen atoms in total. The smallest absolute Gasteiger partial charge is 0.305 e. The molecule has 34 heteroatoms.